The van der Waals surface area contributed by atoms with Gasteiger partial charge in [0.2, 0.25) is 5.75 Å². The maximum atomic E-state index is 14.0. The Morgan fingerprint density at radius 1 is 0.895 bits per heavy atom. The number of anilines is 1. The summed E-state index contributed by atoms with van der Waals surface area (Å²) in [5.41, 5.74) is 1.39. The van der Waals surface area contributed by atoms with E-state index < -0.39 is 16.3 Å². The van der Waals surface area contributed by atoms with Crippen LogP contribution >= 0.6 is 0 Å². The van der Waals surface area contributed by atoms with Crippen LogP contribution < -0.4 is 18.5 Å². The molecule has 1 atom stereocenters. The first-order valence-electron chi connectivity index (χ1n) is 11.5. The van der Waals surface area contributed by atoms with Crippen LogP contribution in [0.1, 0.15) is 12.5 Å². The number of ether oxygens (including phenoxy) is 4. The molecule has 0 bridgehead atoms. The van der Waals surface area contributed by atoms with Crippen LogP contribution in [0.5, 0.6) is 23.1 Å². The summed E-state index contributed by atoms with van der Waals surface area (Å²) >= 11 is 0. The van der Waals surface area contributed by atoms with Crippen molar-refractivity contribution in [3.63, 3.8) is 0 Å². The zero-order chi connectivity index (χ0) is 27.3. The summed E-state index contributed by atoms with van der Waals surface area (Å²) in [7, 11) is -0.0245. The Balaban J connectivity index is 2.01. The van der Waals surface area contributed by atoms with E-state index in [9.17, 15) is 8.42 Å². The Morgan fingerprint density at radius 3 is 2.21 bits per heavy atom. The predicted molar refractivity (Wildman–Crippen MR) is 140 cm³/mol. The van der Waals surface area contributed by atoms with E-state index in [-0.39, 0.29) is 28.3 Å². The van der Waals surface area contributed by atoms with Crippen molar-refractivity contribution in [2.75, 3.05) is 25.6 Å². The molecule has 0 aliphatic heterocycles. The molecule has 0 saturated carbocycles. The zero-order valence-corrected chi connectivity index (χ0v) is 22.3. The topological polar surface area (TPSA) is 126 Å². The predicted octanol–water partition coefficient (Wildman–Crippen LogP) is 4.24. The lowest BCUT2D eigenvalue weighted by molar-refractivity contribution is 0.127. The number of para-hydroxylation sites is 2. The van der Waals surface area contributed by atoms with Gasteiger partial charge in [-0.15, -0.1) is 0 Å². The number of sulfonamides is 1. The SMILES string of the molecule is COc1ccccc1Oc1c(OC)nc(-c2ccncc2)nc1N(C(C)OC)S(=O)(=O)c1ccc(C)cn1. The van der Waals surface area contributed by atoms with Crippen molar-refractivity contribution in [2.24, 2.45) is 0 Å². The fraction of sp³-hybridized carbons (Fsp3) is 0.231. The molecule has 0 fully saturated rings. The van der Waals surface area contributed by atoms with Crippen LogP contribution in [0, 0.1) is 6.92 Å². The average molecular weight is 538 g/mol. The van der Waals surface area contributed by atoms with E-state index in [1.807, 2.05) is 6.92 Å². The number of aryl methyl sites for hydroxylation is 1. The number of aromatic nitrogens is 4. The number of methoxy groups -OCH3 is 3. The second-order valence-corrected chi connectivity index (χ2v) is 9.77. The molecule has 4 aromatic rings. The molecular weight excluding hydrogens is 510 g/mol. The van der Waals surface area contributed by atoms with E-state index >= 15 is 0 Å². The summed E-state index contributed by atoms with van der Waals surface area (Å²) in [6, 6.07) is 13.4. The van der Waals surface area contributed by atoms with Crippen LogP contribution in [0.2, 0.25) is 0 Å². The molecular formula is C26H27N5O6S. The van der Waals surface area contributed by atoms with E-state index in [0.29, 0.717) is 17.1 Å². The number of nitrogens with zero attached hydrogens (tertiary/aromatic N) is 5. The highest BCUT2D eigenvalue weighted by Gasteiger charge is 2.37. The van der Waals surface area contributed by atoms with Crippen LogP contribution in [0.25, 0.3) is 11.4 Å². The third kappa shape index (κ3) is 5.36. The van der Waals surface area contributed by atoms with Crippen LogP contribution in [-0.2, 0) is 14.8 Å². The molecule has 0 radical (unpaired) electrons. The smallest absolute Gasteiger partial charge is 0.285 e. The highest BCUT2D eigenvalue weighted by atomic mass is 32.2. The Labute approximate surface area is 221 Å². The molecule has 3 heterocycles. The van der Waals surface area contributed by atoms with Gasteiger partial charge in [-0.2, -0.15) is 13.4 Å². The molecule has 198 valence electrons. The van der Waals surface area contributed by atoms with Crippen LogP contribution in [0.3, 0.4) is 0 Å². The van der Waals surface area contributed by atoms with Crippen LogP contribution in [0.15, 0.2) is 72.1 Å². The Hall–Kier alpha value is -4.29. The highest BCUT2D eigenvalue weighted by Crippen LogP contribution is 2.44. The van der Waals surface area contributed by atoms with Crippen molar-refractivity contribution in [1.82, 2.24) is 19.9 Å². The molecule has 4 rings (SSSR count). The van der Waals surface area contributed by atoms with E-state index in [1.165, 1.54) is 33.6 Å². The van der Waals surface area contributed by atoms with Crippen molar-refractivity contribution in [3.8, 4) is 34.5 Å². The maximum absolute atomic E-state index is 14.0. The van der Waals surface area contributed by atoms with Crippen LogP contribution in [0.4, 0.5) is 5.82 Å². The molecule has 0 aliphatic rings. The Morgan fingerprint density at radius 2 is 1.61 bits per heavy atom. The fourth-order valence-electron chi connectivity index (χ4n) is 3.52. The van der Waals surface area contributed by atoms with E-state index in [2.05, 4.69) is 19.9 Å². The summed E-state index contributed by atoms with van der Waals surface area (Å²) in [6.07, 6.45) is 3.60. The van der Waals surface area contributed by atoms with Gasteiger partial charge < -0.3 is 18.9 Å². The minimum atomic E-state index is -4.31. The van der Waals surface area contributed by atoms with E-state index in [0.717, 1.165) is 9.87 Å². The normalized spacial score (nSPS) is 12.0. The summed E-state index contributed by atoms with van der Waals surface area (Å²) < 4.78 is 51.7. The zero-order valence-electron chi connectivity index (χ0n) is 21.5. The number of pyridine rings is 2. The molecule has 0 N–H and O–H groups in total. The summed E-state index contributed by atoms with van der Waals surface area (Å²) in [6.45, 7) is 3.38. The first-order valence-corrected chi connectivity index (χ1v) is 12.9. The molecule has 38 heavy (non-hydrogen) atoms. The van der Waals surface area contributed by atoms with Crippen molar-refractivity contribution in [3.05, 3.63) is 72.7 Å². The van der Waals surface area contributed by atoms with Gasteiger partial charge in [0.15, 0.2) is 28.2 Å². The Bertz CT molecular complexity index is 1500. The van der Waals surface area contributed by atoms with Gasteiger partial charge >= 0.3 is 0 Å². The van der Waals surface area contributed by atoms with Crippen molar-refractivity contribution < 1.29 is 27.4 Å². The van der Waals surface area contributed by atoms with Gasteiger partial charge in [-0.05, 0) is 49.7 Å². The van der Waals surface area contributed by atoms with Gasteiger partial charge in [-0.25, -0.2) is 14.3 Å². The van der Waals surface area contributed by atoms with Crippen molar-refractivity contribution in [2.45, 2.75) is 25.1 Å². The first kappa shape index (κ1) is 26.8. The molecule has 0 saturated heterocycles. The first-order chi connectivity index (χ1) is 18.3. The summed E-state index contributed by atoms with van der Waals surface area (Å²) in [4.78, 5) is 17.3. The van der Waals surface area contributed by atoms with Gasteiger partial charge in [-0.1, -0.05) is 18.2 Å². The van der Waals surface area contributed by atoms with Crippen LogP contribution in [-0.4, -0.2) is 55.9 Å². The van der Waals surface area contributed by atoms with Crippen molar-refractivity contribution in [1.29, 1.82) is 0 Å². The third-order valence-corrected chi connectivity index (χ3v) is 7.27. The highest BCUT2D eigenvalue weighted by molar-refractivity contribution is 7.92. The quantitative estimate of drug-likeness (QED) is 0.271. The molecule has 3 aromatic heterocycles. The number of hydrogen-bond acceptors (Lipinski definition) is 10. The molecule has 1 aromatic carbocycles. The van der Waals surface area contributed by atoms with Crippen molar-refractivity contribution >= 4 is 15.8 Å². The number of benzene rings is 1. The third-order valence-electron chi connectivity index (χ3n) is 5.52. The summed E-state index contributed by atoms with van der Waals surface area (Å²) in [5.74, 6) is 0.708. The monoisotopic (exact) mass is 537 g/mol. The molecule has 12 heteroatoms. The minimum Gasteiger partial charge on any atom is -0.493 e. The van der Waals surface area contributed by atoms with Gasteiger partial charge in [0.1, 0.15) is 6.23 Å². The number of rotatable bonds is 10. The van der Waals surface area contributed by atoms with E-state index in [4.69, 9.17) is 18.9 Å². The Kier molecular flexibility index (Phi) is 8.03. The van der Waals surface area contributed by atoms with E-state index in [1.54, 1.807) is 61.8 Å². The largest absolute Gasteiger partial charge is 0.493 e. The lowest BCUT2D eigenvalue weighted by Gasteiger charge is -2.29. The van der Waals surface area contributed by atoms with Gasteiger partial charge in [0, 0.05) is 31.3 Å². The molecule has 0 aliphatic carbocycles. The lowest BCUT2D eigenvalue weighted by atomic mass is 10.2. The minimum absolute atomic E-state index is 0.00640. The standard InChI is InChI=1S/C26H27N5O6S/c1-17-10-11-22(28-16-17)38(32,33)31(18(2)34-3)25-23(37-21-9-7-6-8-20(21)35-4)26(36-5)30-24(29-25)19-12-14-27-15-13-19/h6-16,18H,1-5H3. The van der Waals surface area contributed by atoms with Gasteiger partial charge in [0.05, 0.1) is 14.2 Å². The fourth-order valence-corrected chi connectivity index (χ4v) is 4.98. The molecule has 11 nitrogen and oxygen atoms in total. The lowest BCUT2D eigenvalue weighted by Crippen LogP contribution is -2.41. The van der Waals surface area contributed by atoms with Gasteiger partial charge in [0.25, 0.3) is 15.9 Å². The number of hydrogen-bond donors (Lipinski definition) is 0. The average Bonchev–Trinajstić information content (AvgIpc) is 2.94. The second-order valence-electron chi connectivity index (χ2n) is 8.01. The molecule has 0 spiro atoms. The second kappa shape index (κ2) is 11.4. The molecule has 1 unspecified atom stereocenters. The summed E-state index contributed by atoms with van der Waals surface area (Å²) in [5, 5.41) is -0.196. The van der Waals surface area contributed by atoms with Gasteiger partial charge in [-0.3, -0.25) is 4.98 Å². The maximum Gasteiger partial charge on any atom is 0.285 e. The molecule has 0 amide bonds.